The Bertz CT molecular complexity index is 905. The summed E-state index contributed by atoms with van der Waals surface area (Å²) in [6, 6.07) is 1.80. The smallest absolute Gasteiger partial charge is 0.331 e. The predicted molar refractivity (Wildman–Crippen MR) is 93.4 cm³/mol. The first-order valence-electron chi connectivity index (χ1n) is 8.23. The van der Waals surface area contributed by atoms with Crippen molar-refractivity contribution in [2.24, 2.45) is 0 Å². The second kappa shape index (κ2) is 6.76. The lowest BCUT2D eigenvalue weighted by atomic mass is 10.2. The second-order valence-corrected chi connectivity index (χ2v) is 6.14. The van der Waals surface area contributed by atoms with Crippen LogP contribution in [0, 0.1) is 0 Å². The number of imidazole rings is 2. The summed E-state index contributed by atoms with van der Waals surface area (Å²) in [5.74, 6) is 0. The molecule has 0 fully saturated rings. The molecule has 0 saturated carbocycles. The van der Waals surface area contributed by atoms with Gasteiger partial charge in [-0.05, 0) is 19.8 Å². The van der Waals surface area contributed by atoms with Gasteiger partial charge in [0.1, 0.15) is 0 Å². The molecule has 3 rings (SSSR count). The van der Waals surface area contributed by atoms with Crippen LogP contribution in [0.4, 0.5) is 0 Å². The minimum absolute atomic E-state index is 0.0841. The molecule has 7 nitrogen and oxygen atoms in total. The van der Waals surface area contributed by atoms with E-state index < -0.39 is 0 Å². The fourth-order valence-electron chi connectivity index (χ4n) is 3.11. The monoisotopic (exact) mass is 348 g/mol. The fourth-order valence-corrected chi connectivity index (χ4v) is 3.25. The lowest BCUT2D eigenvalue weighted by Crippen LogP contribution is -2.28. The molecule has 0 radical (unpaired) electrons. The highest BCUT2D eigenvalue weighted by Gasteiger charge is 2.21. The maximum atomic E-state index is 13.1. The Morgan fingerprint density at radius 1 is 1.21 bits per heavy atom. The number of nitrogens with zero attached hydrogens (tertiary/aromatic N) is 6. The number of rotatable bonds is 6. The molecule has 0 amide bonds. The zero-order valence-corrected chi connectivity index (χ0v) is 14.9. The molecular weight excluding hydrogens is 328 g/mol. The molecule has 8 heteroatoms. The molecular formula is C16H21ClN6O. The van der Waals surface area contributed by atoms with Crippen LogP contribution in [0.2, 0.25) is 5.15 Å². The van der Waals surface area contributed by atoms with Crippen LogP contribution in [0.25, 0.3) is 11.2 Å². The van der Waals surface area contributed by atoms with Crippen LogP contribution in [0.15, 0.2) is 23.4 Å². The molecule has 0 unspecified atom stereocenters. The molecule has 0 aliphatic carbocycles. The van der Waals surface area contributed by atoms with Gasteiger partial charge < -0.3 is 4.57 Å². The summed E-state index contributed by atoms with van der Waals surface area (Å²) in [4.78, 5) is 17.2. The van der Waals surface area contributed by atoms with Gasteiger partial charge in [-0.2, -0.15) is 0 Å². The highest BCUT2D eigenvalue weighted by Crippen LogP contribution is 2.22. The average molecular weight is 349 g/mol. The Hall–Kier alpha value is -2.15. The molecule has 0 saturated heterocycles. The van der Waals surface area contributed by atoms with Crippen LogP contribution in [-0.4, -0.2) is 28.9 Å². The lowest BCUT2D eigenvalue weighted by Gasteiger charge is -2.13. The molecule has 3 heterocycles. The standard InChI is InChI=1S/C16H21ClN6O/c1-4-11(5-2)23-15-13(7-14(17)19-20-15)22(16(23)24)9-12-8-18-10-21(12)6-3/h7-8,10-11H,4-6,9H2,1-3H3. The third-order valence-corrected chi connectivity index (χ3v) is 4.63. The van der Waals surface area contributed by atoms with Crippen molar-refractivity contribution < 1.29 is 0 Å². The lowest BCUT2D eigenvalue weighted by molar-refractivity contribution is 0.459. The Labute approximate surface area is 144 Å². The van der Waals surface area contributed by atoms with Crippen molar-refractivity contribution >= 4 is 22.8 Å². The van der Waals surface area contributed by atoms with Gasteiger partial charge in [-0.1, -0.05) is 25.4 Å². The van der Waals surface area contributed by atoms with Crippen LogP contribution in [0.3, 0.4) is 0 Å². The number of hydrogen-bond acceptors (Lipinski definition) is 4. The molecule has 0 aromatic carbocycles. The van der Waals surface area contributed by atoms with Gasteiger partial charge in [0.15, 0.2) is 10.8 Å². The molecule has 0 N–H and O–H groups in total. The molecule has 3 aromatic heterocycles. The Kier molecular flexibility index (Phi) is 4.71. The maximum absolute atomic E-state index is 13.1. The minimum Gasteiger partial charge on any atom is -0.333 e. The minimum atomic E-state index is -0.0841. The van der Waals surface area contributed by atoms with E-state index in [0.29, 0.717) is 17.7 Å². The van der Waals surface area contributed by atoms with Gasteiger partial charge in [0.25, 0.3) is 0 Å². The molecule has 0 aliphatic rings. The number of aromatic nitrogens is 6. The normalized spacial score (nSPS) is 11.7. The van der Waals surface area contributed by atoms with E-state index in [1.54, 1.807) is 27.7 Å². The van der Waals surface area contributed by atoms with Crippen LogP contribution >= 0.6 is 11.6 Å². The maximum Gasteiger partial charge on any atom is 0.331 e. The SMILES string of the molecule is CCC(CC)n1c(=O)n(Cc2cncn2CC)c2cc(Cl)nnc21. The van der Waals surface area contributed by atoms with Crippen molar-refractivity contribution in [1.82, 2.24) is 28.9 Å². The summed E-state index contributed by atoms with van der Waals surface area (Å²) < 4.78 is 5.46. The van der Waals surface area contributed by atoms with Crippen LogP contribution in [0.5, 0.6) is 0 Å². The van der Waals surface area contributed by atoms with Gasteiger partial charge in [0, 0.05) is 24.8 Å². The van der Waals surface area contributed by atoms with Crippen molar-refractivity contribution in [2.75, 3.05) is 0 Å². The van der Waals surface area contributed by atoms with Gasteiger partial charge in [-0.15, -0.1) is 10.2 Å². The van der Waals surface area contributed by atoms with Gasteiger partial charge >= 0.3 is 5.69 Å². The van der Waals surface area contributed by atoms with Crippen LogP contribution in [0.1, 0.15) is 45.3 Å². The van der Waals surface area contributed by atoms with Crippen molar-refractivity contribution in [3.05, 3.63) is 39.9 Å². The molecule has 0 spiro atoms. The second-order valence-electron chi connectivity index (χ2n) is 5.76. The zero-order valence-electron chi connectivity index (χ0n) is 14.1. The first kappa shape index (κ1) is 16.7. The van der Waals surface area contributed by atoms with Crippen LogP contribution < -0.4 is 5.69 Å². The van der Waals surface area contributed by atoms with E-state index in [1.165, 1.54) is 0 Å². The first-order chi connectivity index (χ1) is 11.6. The molecule has 128 valence electrons. The van der Waals surface area contributed by atoms with Gasteiger partial charge in [0.2, 0.25) is 0 Å². The highest BCUT2D eigenvalue weighted by atomic mass is 35.5. The summed E-state index contributed by atoms with van der Waals surface area (Å²) in [5.41, 5.74) is 2.17. The van der Waals surface area contributed by atoms with E-state index in [0.717, 1.165) is 25.1 Å². The summed E-state index contributed by atoms with van der Waals surface area (Å²) in [5, 5.41) is 8.40. The summed E-state index contributed by atoms with van der Waals surface area (Å²) in [7, 11) is 0. The van der Waals surface area contributed by atoms with Gasteiger partial charge in [-0.25, -0.2) is 9.78 Å². The number of fused-ring (bicyclic) bond motifs is 1. The third kappa shape index (κ3) is 2.73. The van der Waals surface area contributed by atoms with E-state index in [4.69, 9.17) is 11.6 Å². The first-order valence-corrected chi connectivity index (χ1v) is 8.61. The molecule has 0 atom stereocenters. The van der Waals surface area contributed by atoms with E-state index in [1.807, 2.05) is 11.5 Å². The third-order valence-electron chi connectivity index (χ3n) is 4.45. The molecule has 3 aromatic rings. The molecule has 24 heavy (non-hydrogen) atoms. The fraction of sp³-hybridized carbons (Fsp3) is 0.500. The quantitative estimate of drug-likeness (QED) is 0.686. The largest absolute Gasteiger partial charge is 0.333 e. The zero-order chi connectivity index (χ0) is 17.3. The Morgan fingerprint density at radius 2 is 1.96 bits per heavy atom. The topological polar surface area (TPSA) is 70.5 Å². The summed E-state index contributed by atoms with van der Waals surface area (Å²) >= 11 is 6.02. The van der Waals surface area contributed by atoms with E-state index in [2.05, 4.69) is 29.0 Å². The van der Waals surface area contributed by atoms with E-state index in [-0.39, 0.29) is 16.9 Å². The molecule has 0 aliphatic heterocycles. The predicted octanol–water partition coefficient (Wildman–Crippen LogP) is 2.87. The van der Waals surface area contributed by atoms with Crippen molar-refractivity contribution in [3.63, 3.8) is 0 Å². The number of halogens is 1. The Morgan fingerprint density at radius 3 is 2.62 bits per heavy atom. The van der Waals surface area contributed by atoms with Gasteiger partial charge in [-0.3, -0.25) is 9.13 Å². The van der Waals surface area contributed by atoms with Crippen molar-refractivity contribution in [1.29, 1.82) is 0 Å². The average Bonchev–Trinajstić information content (AvgIpc) is 3.14. The van der Waals surface area contributed by atoms with Gasteiger partial charge in [0.05, 0.1) is 24.1 Å². The summed E-state index contributed by atoms with van der Waals surface area (Å²) in [6.45, 7) is 7.41. The van der Waals surface area contributed by atoms with Crippen molar-refractivity contribution in [2.45, 2.75) is 52.7 Å². The van der Waals surface area contributed by atoms with Crippen molar-refractivity contribution in [3.8, 4) is 0 Å². The highest BCUT2D eigenvalue weighted by molar-refractivity contribution is 6.29. The summed E-state index contributed by atoms with van der Waals surface area (Å²) in [6.07, 6.45) is 5.26. The Balaban J connectivity index is 2.21. The number of hydrogen-bond donors (Lipinski definition) is 0. The number of aryl methyl sites for hydroxylation is 1. The van der Waals surface area contributed by atoms with Crippen LogP contribution in [-0.2, 0) is 13.1 Å². The molecule has 0 bridgehead atoms. The van der Waals surface area contributed by atoms with E-state index >= 15 is 0 Å². The van der Waals surface area contributed by atoms with E-state index in [9.17, 15) is 4.79 Å².